The van der Waals surface area contributed by atoms with E-state index in [1.54, 1.807) is 0 Å². The molecule has 1 unspecified atom stereocenters. The normalized spacial score (nSPS) is 37.9. The summed E-state index contributed by atoms with van der Waals surface area (Å²) in [7, 11) is -2.35. The minimum absolute atomic E-state index is 0.0759. The molecule has 5 nitrogen and oxygen atoms in total. The van der Waals surface area contributed by atoms with Gasteiger partial charge in [-0.1, -0.05) is 65.5 Å². The second-order valence-corrected chi connectivity index (χ2v) is 15.5. The highest BCUT2D eigenvalue weighted by Gasteiger charge is 2.59. The number of allylic oxidation sites excluding steroid dienone is 1. The fourth-order valence-electron chi connectivity index (χ4n) is 9.40. The van der Waals surface area contributed by atoms with E-state index < -0.39 is 8.03 Å². The van der Waals surface area contributed by atoms with Crippen LogP contribution in [0.2, 0.25) is 0 Å². The summed E-state index contributed by atoms with van der Waals surface area (Å²) in [6.45, 7) is 12.2. The molecule has 0 N–H and O–H groups in total. The SMILES string of the molecule is CC(C)CCC[C@@H](C)[C@H]1CC[C@H]2[C@@H]3CC=C4C[C@@H](OC(=O)CC[PH](=O)OCC=O)CC[C@]4(C)[C@H]3CC[C@]12C. The second kappa shape index (κ2) is 12.7. The van der Waals surface area contributed by atoms with Gasteiger partial charge in [-0.15, -0.1) is 0 Å². The lowest BCUT2D eigenvalue weighted by atomic mass is 9.47. The van der Waals surface area contributed by atoms with Gasteiger partial charge in [0.25, 0.3) is 0 Å². The molecule has 6 heteroatoms. The summed E-state index contributed by atoms with van der Waals surface area (Å²) in [4.78, 5) is 22.8. The van der Waals surface area contributed by atoms with Crippen LogP contribution in [0, 0.1) is 46.3 Å². The van der Waals surface area contributed by atoms with Crippen molar-refractivity contribution < 1.29 is 23.4 Å². The van der Waals surface area contributed by atoms with Crippen molar-refractivity contribution in [2.24, 2.45) is 46.3 Å². The molecule has 4 rings (SSSR count). The number of carbonyl (C=O) groups is 2. The molecule has 9 atom stereocenters. The molecule has 4 aliphatic rings. The third-order valence-corrected chi connectivity index (χ3v) is 12.6. The minimum Gasteiger partial charge on any atom is -0.462 e. The average Bonchev–Trinajstić information content (AvgIpc) is 3.23. The maximum absolute atomic E-state index is 12.4. The highest BCUT2D eigenvalue weighted by molar-refractivity contribution is 7.39. The lowest BCUT2D eigenvalue weighted by Crippen LogP contribution is -2.51. The smallest absolute Gasteiger partial charge is 0.306 e. The molecule has 0 spiro atoms. The number of aldehydes is 1. The van der Waals surface area contributed by atoms with Crippen molar-refractivity contribution in [2.45, 2.75) is 118 Å². The lowest BCUT2D eigenvalue weighted by Gasteiger charge is -2.58. The van der Waals surface area contributed by atoms with Gasteiger partial charge >= 0.3 is 5.97 Å². The third kappa shape index (κ3) is 6.35. The fourth-order valence-corrected chi connectivity index (χ4v) is 10.2. The number of ether oxygens (including phenoxy) is 1. The van der Waals surface area contributed by atoms with Gasteiger partial charge in [0.1, 0.15) is 19.0 Å². The van der Waals surface area contributed by atoms with E-state index in [9.17, 15) is 14.2 Å². The van der Waals surface area contributed by atoms with Crippen molar-refractivity contribution in [1.29, 1.82) is 0 Å². The van der Waals surface area contributed by atoms with Crippen molar-refractivity contribution in [3.63, 3.8) is 0 Å². The molecule has 38 heavy (non-hydrogen) atoms. The van der Waals surface area contributed by atoms with Crippen LogP contribution >= 0.6 is 8.03 Å². The molecule has 0 heterocycles. The molecule has 0 amide bonds. The highest BCUT2D eigenvalue weighted by atomic mass is 31.1. The molecular weight excluding hydrogens is 495 g/mol. The number of rotatable bonds is 12. The van der Waals surface area contributed by atoms with E-state index in [1.165, 1.54) is 56.9 Å². The third-order valence-electron chi connectivity index (χ3n) is 11.4. The van der Waals surface area contributed by atoms with Crippen molar-refractivity contribution in [3.8, 4) is 0 Å². The van der Waals surface area contributed by atoms with Gasteiger partial charge in [0.15, 0.2) is 8.03 Å². The predicted molar refractivity (Wildman–Crippen MR) is 153 cm³/mol. The Bertz CT molecular complexity index is 898. The van der Waals surface area contributed by atoms with E-state index in [0.717, 1.165) is 54.8 Å². The Morgan fingerprint density at radius 1 is 1.11 bits per heavy atom. The monoisotopic (exact) mass is 548 g/mol. The Morgan fingerprint density at radius 3 is 2.63 bits per heavy atom. The predicted octanol–water partition coefficient (Wildman–Crippen LogP) is 8.02. The van der Waals surface area contributed by atoms with Crippen LogP contribution in [0.25, 0.3) is 0 Å². The first kappa shape index (κ1) is 30.0. The number of hydrogen-bond donors (Lipinski definition) is 0. The van der Waals surface area contributed by atoms with Gasteiger partial charge in [0, 0.05) is 12.6 Å². The van der Waals surface area contributed by atoms with Crippen LogP contribution in [-0.2, 0) is 23.4 Å². The van der Waals surface area contributed by atoms with Crippen LogP contribution in [0.4, 0.5) is 0 Å². The van der Waals surface area contributed by atoms with Gasteiger partial charge in [0.05, 0.1) is 6.42 Å². The molecule has 0 radical (unpaired) electrons. The van der Waals surface area contributed by atoms with Crippen molar-refractivity contribution in [2.75, 3.05) is 12.8 Å². The zero-order valence-corrected chi connectivity index (χ0v) is 25.6. The topological polar surface area (TPSA) is 69.7 Å². The van der Waals surface area contributed by atoms with Gasteiger partial charge in [0.2, 0.25) is 0 Å². The van der Waals surface area contributed by atoms with Crippen LogP contribution in [0.15, 0.2) is 11.6 Å². The summed E-state index contributed by atoms with van der Waals surface area (Å²) in [5.41, 5.74) is 2.26. The van der Waals surface area contributed by atoms with Crippen LogP contribution in [0.5, 0.6) is 0 Å². The summed E-state index contributed by atoms with van der Waals surface area (Å²) in [5.74, 6) is 4.65. The number of esters is 1. The minimum atomic E-state index is -2.35. The molecule has 0 aliphatic heterocycles. The Hall–Kier alpha value is -0.930. The first-order valence-corrected chi connectivity index (χ1v) is 17.1. The highest BCUT2D eigenvalue weighted by Crippen LogP contribution is 2.67. The summed E-state index contributed by atoms with van der Waals surface area (Å²) in [5, 5.41) is 0. The van der Waals surface area contributed by atoms with Crippen molar-refractivity contribution in [3.05, 3.63) is 11.6 Å². The van der Waals surface area contributed by atoms with Crippen molar-refractivity contribution in [1.82, 2.24) is 0 Å². The van der Waals surface area contributed by atoms with Crippen LogP contribution in [-0.4, -0.2) is 31.1 Å². The first-order valence-electron chi connectivity index (χ1n) is 15.6. The van der Waals surface area contributed by atoms with E-state index in [4.69, 9.17) is 9.26 Å². The zero-order chi connectivity index (χ0) is 27.5. The second-order valence-electron chi connectivity index (χ2n) is 14.0. The summed E-state index contributed by atoms with van der Waals surface area (Å²) >= 11 is 0. The molecule has 3 saturated carbocycles. The maximum atomic E-state index is 12.4. The zero-order valence-electron chi connectivity index (χ0n) is 24.6. The average molecular weight is 549 g/mol. The number of fused-ring (bicyclic) bond motifs is 5. The van der Waals surface area contributed by atoms with E-state index >= 15 is 0 Å². The van der Waals surface area contributed by atoms with Gasteiger partial charge in [-0.2, -0.15) is 0 Å². The van der Waals surface area contributed by atoms with Crippen LogP contribution in [0.3, 0.4) is 0 Å². The number of carbonyl (C=O) groups excluding carboxylic acids is 2. The first-order chi connectivity index (χ1) is 18.1. The summed E-state index contributed by atoms with van der Waals surface area (Å²) in [6.07, 6.45) is 17.0. The van der Waals surface area contributed by atoms with Gasteiger partial charge < -0.3 is 14.1 Å². The standard InChI is InChI=1S/C32H53O5P/c1-22(2)7-6-8-23(3)27-11-12-28-26-10-9-24-21-25(37-30(34)15-20-38(35)36-19-18-33)13-16-31(24,4)29(26)14-17-32(27,28)5/h9,18,22-23,25-29,38H,6-8,10-17,19-21H2,1-5H3/t23-,25+,26+,27-,28+,29+,31+,32-/m1/s1. The molecule has 3 fully saturated rings. The van der Waals surface area contributed by atoms with Crippen molar-refractivity contribution >= 4 is 20.3 Å². The quantitative estimate of drug-likeness (QED) is 0.107. The molecule has 0 aromatic heterocycles. The summed E-state index contributed by atoms with van der Waals surface area (Å²) in [6, 6.07) is 0. The molecular formula is C32H53O5P. The van der Waals surface area contributed by atoms with Gasteiger partial charge in [-0.05, 0) is 91.3 Å². The van der Waals surface area contributed by atoms with E-state index in [-0.39, 0.29) is 36.7 Å². The molecule has 0 saturated heterocycles. The Morgan fingerprint density at radius 2 is 1.89 bits per heavy atom. The Balaban J connectivity index is 1.35. The number of hydrogen-bond acceptors (Lipinski definition) is 5. The van der Waals surface area contributed by atoms with Gasteiger partial charge in [-0.25, -0.2) is 0 Å². The largest absolute Gasteiger partial charge is 0.462 e. The van der Waals surface area contributed by atoms with Crippen LogP contribution < -0.4 is 0 Å². The lowest BCUT2D eigenvalue weighted by molar-refractivity contribution is -0.151. The Labute approximate surface area is 232 Å². The molecule has 0 bridgehead atoms. The van der Waals surface area contributed by atoms with E-state index in [1.807, 2.05) is 0 Å². The van der Waals surface area contributed by atoms with E-state index in [2.05, 4.69) is 40.7 Å². The molecule has 4 aliphatic carbocycles. The molecule has 0 aromatic rings. The van der Waals surface area contributed by atoms with Crippen LogP contribution in [0.1, 0.15) is 112 Å². The summed E-state index contributed by atoms with van der Waals surface area (Å²) < 4.78 is 22.5. The van der Waals surface area contributed by atoms with E-state index in [0.29, 0.717) is 11.7 Å². The molecule has 216 valence electrons. The maximum Gasteiger partial charge on any atom is 0.306 e. The fraction of sp³-hybridized carbons (Fsp3) is 0.875. The van der Waals surface area contributed by atoms with Gasteiger partial charge in [-0.3, -0.25) is 9.36 Å². The Kier molecular flexibility index (Phi) is 10.1. The molecule has 0 aromatic carbocycles.